The predicted octanol–water partition coefficient (Wildman–Crippen LogP) is 2.91. The minimum absolute atomic E-state index is 0.0719. The minimum Gasteiger partial charge on any atom is -0.379 e. The molecular weight excluding hydrogens is 262 g/mol. The van der Waals surface area contributed by atoms with E-state index >= 15 is 0 Å². The van der Waals surface area contributed by atoms with Gasteiger partial charge in [-0.25, -0.2) is 4.68 Å². The summed E-state index contributed by atoms with van der Waals surface area (Å²) in [4.78, 5) is 12.3. The van der Waals surface area contributed by atoms with Gasteiger partial charge in [-0.15, -0.1) is 0 Å². The molecule has 2 aliphatic rings. The van der Waals surface area contributed by atoms with Gasteiger partial charge in [0.05, 0.1) is 11.2 Å². The fourth-order valence-electron chi connectivity index (χ4n) is 2.76. The van der Waals surface area contributed by atoms with E-state index < -0.39 is 0 Å². The molecule has 1 N–H and O–H groups in total. The average Bonchev–Trinajstić information content (AvgIpc) is 3.06. The van der Waals surface area contributed by atoms with Gasteiger partial charge in [-0.05, 0) is 37.5 Å². The normalized spacial score (nSPS) is 19.8. The van der Waals surface area contributed by atoms with Crippen LogP contribution in [0, 0.1) is 11.8 Å². The van der Waals surface area contributed by atoms with Crippen LogP contribution in [0.5, 0.6) is 0 Å². The zero-order valence-electron chi connectivity index (χ0n) is 11.1. The molecule has 1 aromatic rings. The van der Waals surface area contributed by atoms with Gasteiger partial charge in [0, 0.05) is 13.1 Å². The maximum Gasteiger partial charge on any atom is 0.291 e. The van der Waals surface area contributed by atoms with Crippen molar-refractivity contribution in [1.29, 1.82) is 0 Å². The number of anilines is 1. The Morgan fingerprint density at radius 1 is 1.26 bits per heavy atom. The van der Waals surface area contributed by atoms with Gasteiger partial charge in [0.2, 0.25) is 0 Å². The topological polar surface area (TPSA) is 46.9 Å². The van der Waals surface area contributed by atoms with Crippen LogP contribution in [0.3, 0.4) is 0 Å². The summed E-state index contributed by atoms with van der Waals surface area (Å²) in [6.07, 6.45) is 9.13. The Morgan fingerprint density at radius 3 is 2.68 bits per heavy atom. The van der Waals surface area contributed by atoms with Crippen LogP contribution in [0.2, 0.25) is 5.02 Å². The van der Waals surface area contributed by atoms with E-state index in [2.05, 4.69) is 10.4 Å². The summed E-state index contributed by atoms with van der Waals surface area (Å²) in [7, 11) is 0. The van der Waals surface area contributed by atoms with Gasteiger partial charge in [0.25, 0.3) is 5.56 Å². The summed E-state index contributed by atoms with van der Waals surface area (Å²) >= 11 is 6.10. The summed E-state index contributed by atoms with van der Waals surface area (Å²) in [6.45, 7) is 1.58. The molecule has 0 bridgehead atoms. The van der Waals surface area contributed by atoms with E-state index in [-0.39, 0.29) is 5.56 Å². The fraction of sp³-hybridized carbons (Fsp3) is 0.714. The number of aromatic nitrogens is 2. The lowest BCUT2D eigenvalue weighted by Crippen LogP contribution is -2.28. The van der Waals surface area contributed by atoms with Crippen molar-refractivity contribution in [2.24, 2.45) is 11.8 Å². The highest BCUT2D eigenvalue weighted by molar-refractivity contribution is 6.32. The molecule has 2 saturated carbocycles. The molecule has 0 aromatic carbocycles. The number of halogens is 1. The first-order chi connectivity index (χ1) is 9.24. The SMILES string of the molecule is O=c1c(NCC2CCCC2)c(Cl)cnn1CC1CC1. The van der Waals surface area contributed by atoms with Gasteiger partial charge in [0.1, 0.15) is 5.69 Å². The zero-order valence-corrected chi connectivity index (χ0v) is 11.8. The standard InChI is InChI=1S/C14H20ClN3O/c15-12-8-17-18(9-11-5-6-11)14(19)13(12)16-7-10-3-1-2-4-10/h8,10-11,16H,1-7,9H2. The Labute approximate surface area is 118 Å². The number of nitrogens with zero attached hydrogens (tertiary/aromatic N) is 2. The molecule has 0 atom stereocenters. The lowest BCUT2D eigenvalue weighted by molar-refractivity contribution is 0.532. The van der Waals surface area contributed by atoms with Crippen molar-refractivity contribution < 1.29 is 0 Å². The van der Waals surface area contributed by atoms with Gasteiger partial charge >= 0.3 is 0 Å². The number of rotatable bonds is 5. The monoisotopic (exact) mass is 281 g/mol. The molecule has 104 valence electrons. The Hall–Kier alpha value is -1.03. The van der Waals surface area contributed by atoms with Gasteiger partial charge in [-0.2, -0.15) is 5.10 Å². The van der Waals surface area contributed by atoms with Crippen LogP contribution in [0.15, 0.2) is 11.0 Å². The molecule has 0 saturated heterocycles. The van der Waals surface area contributed by atoms with Crippen LogP contribution < -0.4 is 10.9 Å². The first kappa shape index (κ1) is 13.0. The maximum absolute atomic E-state index is 12.3. The molecular formula is C14H20ClN3O. The number of hydrogen-bond donors (Lipinski definition) is 1. The van der Waals surface area contributed by atoms with E-state index in [1.165, 1.54) is 38.5 Å². The molecule has 0 unspecified atom stereocenters. The Bertz CT molecular complexity index is 504. The molecule has 0 radical (unpaired) electrons. The molecule has 5 heteroatoms. The third-order valence-electron chi connectivity index (χ3n) is 4.17. The quantitative estimate of drug-likeness (QED) is 0.903. The van der Waals surface area contributed by atoms with E-state index in [0.29, 0.717) is 22.5 Å². The van der Waals surface area contributed by atoms with Crippen molar-refractivity contribution in [2.75, 3.05) is 11.9 Å². The summed E-state index contributed by atoms with van der Waals surface area (Å²) < 4.78 is 1.56. The number of hydrogen-bond acceptors (Lipinski definition) is 3. The summed E-state index contributed by atoms with van der Waals surface area (Å²) in [5.41, 5.74) is 0.460. The molecule has 4 nitrogen and oxygen atoms in total. The highest BCUT2D eigenvalue weighted by atomic mass is 35.5. The molecule has 3 rings (SSSR count). The van der Waals surface area contributed by atoms with Crippen LogP contribution in [0.25, 0.3) is 0 Å². The second kappa shape index (κ2) is 5.53. The van der Waals surface area contributed by atoms with E-state index in [1.807, 2.05) is 0 Å². The maximum atomic E-state index is 12.3. The van der Waals surface area contributed by atoms with Crippen molar-refractivity contribution >= 4 is 17.3 Å². The van der Waals surface area contributed by atoms with Crippen LogP contribution in [0.4, 0.5) is 5.69 Å². The van der Waals surface area contributed by atoms with Gasteiger partial charge < -0.3 is 5.32 Å². The van der Waals surface area contributed by atoms with Crippen LogP contribution in [-0.4, -0.2) is 16.3 Å². The first-order valence-corrected chi connectivity index (χ1v) is 7.61. The fourth-order valence-corrected chi connectivity index (χ4v) is 2.96. The van der Waals surface area contributed by atoms with E-state index in [4.69, 9.17) is 11.6 Å². The lowest BCUT2D eigenvalue weighted by atomic mass is 10.1. The van der Waals surface area contributed by atoms with E-state index in [9.17, 15) is 4.79 Å². The van der Waals surface area contributed by atoms with Gasteiger partial charge in [-0.3, -0.25) is 4.79 Å². The zero-order chi connectivity index (χ0) is 13.2. The van der Waals surface area contributed by atoms with Crippen molar-refractivity contribution in [3.63, 3.8) is 0 Å². The molecule has 0 aliphatic heterocycles. The number of nitrogens with one attached hydrogen (secondary N) is 1. The molecule has 2 aliphatic carbocycles. The molecule has 1 heterocycles. The Morgan fingerprint density at radius 2 is 2.00 bits per heavy atom. The molecule has 1 aromatic heterocycles. The Balaban J connectivity index is 1.72. The lowest BCUT2D eigenvalue weighted by Gasteiger charge is -2.13. The van der Waals surface area contributed by atoms with Gasteiger partial charge in [-0.1, -0.05) is 24.4 Å². The summed E-state index contributed by atoms with van der Waals surface area (Å²) in [5.74, 6) is 1.31. The van der Waals surface area contributed by atoms with Crippen molar-refractivity contribution in [1.82, 2.24) is 9.78 Å². The molecule has 19 heavy (non-hydrogen) atoms. The highest BCUT2D eigenvalue weighted by Crippen LogP contribution is 2.30. The largest absolute Gasteiger partial charge is 0.379 e. The minimum atomic E-state index is -0.0719. The summed E-state index contributed by atoms with van der Waals surface area (Å²) in [6, 6.07) is 0. The van der Waals surface area contributed by atoms with Crippen molar-refractivity contribution in [3.8, 4) is 0 Å². The smallest absolute Gasteiger partial charge is 0.291 e. The average molecular weight is 282 g/mol. The summed E-state index contributed by atoms with van der Waals surface area (Å²) in [5, 5.41) is 7.82. The third-order valence-corrected chi connectivity index (χ3v) is 4.45. The third kappa shape index (κ3) is 3.11. The molecule has 0 spiro atoms. The van der Waals surface area contributed by atoms with Crippen molar-refractivity contribution in [3.05, 3.63) is 21.6 Å². The highest BCUT2D eigenvalue weighted by Gasteiger charge is 2.24. The van der Waals surface area contributed by atoms with E-state index in [0.717, 1.165) is 13.1 Å². The van der Waals surface area contributed by atoms with E-state index in [1.54, 1.807) is 10.9 Å². The molecule has 2 fully saturated rings. The Kier molecular flexibility index (Phi) is 3.78. The van der Waals surface area contributed by atoms with Crippen LogP contribution in [0.1, 0.15) is 38.5 Å². The van der Waals surface area contributed by atoms with Crippen molar-refractivity contribution in [2.45, 2.75) is 45.1 Å². The van der Waals surface area contributed by atoms with Gasteiger partial charge in [0.15, 0.2) is 0 Å². The predicted molar refractivity (Wildman–Crippen MR) is 76.7 cm³/mol. The second-order valence-corrected chi connectivity index (χ2v) is 6.24. The van der Waals surface area contributed by atoms with Crippen LogP contribution >= 0.6 is 11.6 Å². The first-order valence-electron chi connectivity index (χ1n) is 7.23. The second-order valence-electron chi connectivity index (χ2n) is 5.83. The molecule has 0 amide bonds. The van der Waals surface area contributed by atoms with Crippen LogP contribution in [-0.2, 0) is 6.54 Å².